The molecule has 3 aromatic carbocycles. The van der Waals surface area contributed by atoms with Gasteiger partial charge in [-0.3, -0.25) is 4.79 Å². The van der Waals surface area contributed by atoms with E-state index in [1.165, 1.54) is 18.2 Å². The number of esters is 1. The first kappa shape index (κ1) is 30.7. The van der Waals surface area contributed by atoms with E-state index in [4.69, 9.17) is 14.2 Å². The summed E-state index contributed by atoms with van der Waals surface area (Å²) in [4.78, 5) is 28.7. The minimum absolute atomic E-state index is 0.0578. The fourth-order valence-corrected chi connectivity index (χ4v) is 6.37. The number of hydrogen-bond acceptors (Lipinski definition) is 5. The van der Waals surface area contributed by atoms with Gasteiger partial charge in [-0.15, -0.1) is 0 Å². The molecule has 0 spiro atoms. The van der Waals surface area contributed by atoms with Crippen LogP contribution in [0.2, 0.25) is 0 Å². The number of rotatable bonds is 6. The molecule has 3 aromatic rings. The summed E-state index contributed by atoms with van der Waals surface area (Å²) in [6.45, 7) is 13.9. The van der Waals surface area contributed by atoms with Crippen LogP contribution in [-0.4, -0.2) is 30.7 Å². The monoisotopic (exact) mass is 591 g/mol. The van der Waals surface area contributed by atoms with Crippen molar-refractivity contribution in [3.05, 3.63) is 80.9 Å². The van der Waals surface area contributed by atoms with Gasteiger partial charge in [-0.25, -0.2) is 13.6 Å². The number of nitrogens with zero attached hydrogens (tertiary/aromatic N) is 1. The number of benzene rings is 3. The molecule has 5 rings (SSSR count). The van der Waals surface area contributed by atoms with Crippen LogP contribution in [0, 0.1) is 32.4 Å². The molecule has 0 radical (unpaired) electrons. The highest BCUT2D eigenvalue weighted by Gasteiger charge is 2.38. The highest BCUT2D eigenvalue weighted by atomic mass is 19.1. The largest absolute Gasteiger partial charge is 0.490 e. The molecule has 0 bridgehead atoms. The van der Waals surface area contributed by atoms with E-state index < -0.39 is 29.3 Å². The standard InChI is InChI=1S/C35H39F2NO5/c1-8-41-34(40)33(43-35(5,6)7)31-20(3)25-17-29(39)38(23-12-9-11-22(36)15-23)18-27(25)21(4)30(31)26-16-28(37)32-24(19(26)2)13-10-14-42-32/h9,11-12,15-16,33H,8,10,13-14,17-18H2,1-7H3/t33-/m0/s1. The molecule has 2 aliphatic rings. The van der Waals surface area contributed by atoms with Crippen molar-refractivity contribution in [3.8, 4) is 16.9 Å². The third kappa shape index (κ3) is 5.77. The maximum atomic E-state index is 15.7. The van der Waals surface area contributed by atoms with E-state index in [1.807, 2.05) is 41.5 Å². The maximum Gasteiger partial charge on any atom is 0.339 e. The minimum atomic E-state index is -1.12. The molecular formula is C35H39F2NO5. The Labute approximate surface area is 251 Å². The summed E-state index contributed by atoms with van der Waals surface area (Å²) in [6, 6.07) is 7.45. The second kappa shape index (κ2) is 11.7. The van der Waals surface area contributed by atoms with Crippen molar-refractivity contribution >= 4 is 17.6 Å². The van der Waals surface area contributed by atoms with Gasteiger partial charge in [0, 0.05) is 16.8 Å². The number of carbonyl (C=O) groups excluding carboxylic acids is 2. The van der Waals surface area contributed by atoms with Crippen LogP contribution < -0.4 is 9.64 Å². The first-order chi connectivity index (χ1) is 20.3. The molecule has 0 unspecified atom stereocenters. The topological polar surface area (TPSA) is 65.1 Å². The van der Waals surface area contributed by atoms with E-state index in [1.54, 1.807) is 24.0 Å². The van der Waals surface area contributed by atoms with Crippen LogP contribution in [0.3, 0.4) is 0 Å². The zero-order chi connectivity index (χ0) is 31.2. The second-order valence-corrected chi connectivity index (χ2v) is 12.3. The zero-order valence-electron chi connectivity index (χ0n) is 26.0. The van der Waals surface area contributed by atoms with Crippen molar-refractivity contribution in [1.82, 2.24) is 0 Å². The van der Waals surface area contributed by atoms with Gasteiger partial charge in [0.1, 0.15) is 5.82 Å². The van der Waals surface area contributed by atoms with Gasteiger partial charge in [0.05, 0.1) is 31.8 Å². The average molecular weight is 592 g/mol. The van der Waals surface area contributed by atoms with Gasteiger partial charge in [-0.2, -0.15) is 0 Å². The summed E-state index contributed by atoms with van der Waals surface area (Å²) in [5.74, 6) is -1.35. The van der Waals surface area contributed by atoms with Crippen molar-refractivity contribution < 1.29 is 32.6 Å². The summed E-state index contributed by atoms with van der Waals surface area (Å²) >= 11 is 0. The van der Waals surface area contributed by atoms with E-state index in [0.29, 0.717) is 35.4 Å². The first-order valence-electron chi connectivity index (χ1n) is 14.8. The number of hydrogen-bond donors (Lipinski definition) is 0. The third-order valence-corrected chi connectivity index (χ3v) is 8.32. The molecule has 0 N–H and O–H groups in total. The molecule has 228 valence electrons. The van der Waals surface area contributed by atoms with Crippen LogP contribution in [0.5, 0.6) is 5.75 Å². The number of halogens is 2. The Morgan fingerprint density at radius 1 is 1.05 bits per heavy atom. The Balaban J connectivity index is 1.82. The molecule has 2 aliphatic heterocycles. The lowest BCUT2D eigenvalue weighted by molar-refractivity contribution is -0.166. The quantitative estimate of drug-likeness (QED) is 0.280. The highest BCUT2D eigenvalue weighted by molar-refractivity contribution is 5.98. The fourth-order valence-electron chi connectivity index (χ4n) is 6.37. The van der Waals surface area contributed by atoms with Gasteiger partial charge in [-0.1, -0.05) is 6.07 Å². The van der Waals surface area contributed by atoms with Crippen molar-refractivity contribution in [3.63, 3.8) is 0 Å². The number of anilines is 1. The van der Waals surface area contributed by atoms with Crippen LogP contribution in [0.4, 0.5) is 14.5 Å². The third-order valence-electron chi connectivity index (χ3n) is 8.32. The van der Waals surface area contributed by atoms with E-state index in [9.17, 15) is 14.0 Å². The van der Waals surface area contributed by atoms with E-state index in [-0.39, 0.29) is 31.2 Å². The molecule has 0 aromatic heterocycles. The van der Waals surface area contributed by atoms with Crippen molar-refractivity contribution in [2.45, 2.75) is 86.0 Å². The van der Waals surface area contributed by atoms with Crippen molar-refractivity contribution in [2.75, 3.05) is 18.1 Å². The smallest absolute Gasteiger partial charge is 0.339 e. The molecule has 0 fully saturated rings. The lowest BCUT2D eigenvalue weighted by Crippen LogP contribution is -2.38. The van der Waals surface area contributed by atoms with Gasteiger partial charge in [0.15, 0.2) is 17.7 Å². The zero-order valence-corrected chi connectivity index (χ0v) is 26.0. The normalized spacial score (nSPS) is 15.5. The number of amides is 1. The van der Waals surface area contributed by atoms with E-state index in [2.05, 4.69) is 0 Å². The average Bonchev–Trinajstić information content (AvgIpc) is 2.95. The summed E-state index contributed by atoms with van der Waals surface area (Å²) in [7, 11) is 0. The molecular weight excluding hydrogens is 552 g/mol. The molecule has 0 aliphatic carbocycles. The van der Waals surface area contributed by atoms with Crippen LogP contribution in [-0.2, 0) is 38.4 Å². The molecule has 8 heteroatoms. The van der Waals surface area contributed by atoms with Crippen molar-refractivity contribution in [2.24, 2.45) is 0 Å². The number of fused-ring (bicyclic) bond motifs is 2. The van der Waals surface area contributed by atoms with Gasteiger partial charge in [-0.05, 0) is 125 Å². The summed E-state index contributed by atoms with van der Waals surface area (Å²) in [5.41, 5.74) is 6.50. The second-order valence-electron chi connectivity index (χ2n) is 12.3. The molecule has 2 heterocycles. The first-order valence-corrected chi connectivity index (χ1v) is 14.8. The number of carbonyl (C=O) groups is 2. The Morgan fingerprint density at radius 3 is 2.47 bits per heavy atom. The lowest BCUT2D eigenvalue weighted by atomic mass is 9.78. The van der Waals surface area contributed by atoms with Gasteiger partial charge >= 0.3 is 5.97 Å². The predicted molar refractivity (Wildman–Crippen MR) is 161 cm³/mol. The molecule has 1 amide bonds. The van der Waals surface area contributed by atoms with Crippen molar-refractivity contribution in [1.29, 1.82) is 0 Å². The summed E-state index contributed by atoms with van der Waals surface area (Å²) in [6.07, 6.45) is 0.383. The summed E-state index contributed by atoms with van der Waals surface area (Å²) < 4.78 is 47.5. The molecule has 0 saturated heterocycles. The molecule has 1 atom stereocenters. The Kier molecular flexibility index (Phi) is 8.36. The molecule has 43 heavy (non-hydrogen) atoms. The lowest BCUT2D eigenvalue weighted by Gasteiger charge is -2.36. The Bertz CT molecular complexity index is 1610. The summed E-state index contributed by atoms with van der Waals surface area (Å²) in [5, 5.41) is 0. The van der Waals surface area contributed by atoms with Crippen LogP contribution >= 0.6 is 0 Å². The van der Waals surface area contributed by atoms with Gasteiger partial charge in [0.2, 0.25) is 5.91 Å². The van der Waals surface area contributed by atoms with Crippen LogP contribution in [0.25, 0.3) is 11.1 Å². The fraction of sp³-hybridized carbons (Fsp3) is 0.429. The SMILES string of the molecule is CCOC(=O)[C@@H](OC(C)(C)C)c1c(C)c2c(c(C)c1-c1cc(F)c3c(c1C)CCCO3)CN(c1cccc(F)c1)C(=O)C2. The van der Waals surface area contributed by atoms with Gasteiger partial charge < -0.3 is 19.1 Å². The molecule has 6 nitrogen and oxygen atoms in total. The van der Waals surface area contributed by atoms with E-state index in [0.717, 1.165) is 39.8 Å². The Morgan fingerprint density at radius 2 is 1.79 bits per heavy atom. The van der Waals surface area contributed by atoms with Crippen LogP contribution in [0.1, 0.15) is 79.2 Å². The van der Waals surface area contributed by atoms with Crippen LogP contribution in [0.15, 0.2) is 30.3 Å². The Hall–Kier alpha value is -3.78. The predicted octanol–water partition coefficient (Wildman–Crippen LogP) is 7.39. The molecule has 0 saturated carbocycles. The van der Waals surface area contributed by atoms with Gasteiger partial charge in [0.25, 0.3) is 0 Å². The minimum Gasteiger partial charge on any atom is -0.490 e. The maximum absolute atomic E-state index is 15.7. The number of ether oxygens (including phenoxy) is 3. The highest BCUT2D eigenvalue weighted by Crippen LogP contribution is 2.46. The van der Waals surface area contributed by atoms with E-state index >= 15 is 4.39 Å².